The Kier molecular flexibility index (Phi) is 3.85. The van der Waals surface area contributed by atoms with Crippen LogP contribution in [-0.4, -0.2) is 4.98 Å². The van der Waals surface area contributed by atoms with Gasteiger partial charge in [-0.3, -0.25) is 4.79 Å². The Bertz CT molecular complexity index is 742. The fraction of sp³-hybridized carbons (Fsp3) is 0.294. The van der Waals surface area contributed by atoms with Crippen LogP contribution in [0.15, 0.2) is 41.2 Å². The van der Waals surface area contributed by atoms with Crippen LogP contribution < -0.4 is 10.9 Å². The first-order valence-electron chi connectivity index (χ1n) is 7.21. The molecule has 21 heavy (non-hydrogen) atoms. The van der Waals surface area contributed by atoms with Gasteiger partial charge in [-0.1, -0.05) is 18.2 Å². The molecule has 3 rings (SSSR count). The third kappa shape index (κ3) is 3.04. The van der Waals surface area contributed by atoms with Gasteiger partial charge in [-0.2, -0.15) is 5.26 Å². The molecule has 1 aliphatic carbocycles. The minimum Gasteiger partial charge on any atom is -0.326 e. The van der Waals surface area contributed by atoms with Gasteiger partial charge >= 0.3 is 0 Å². The van der Waals surface area contributed by atoms with E-state index < -0.39 is 0 Å². The van der Waals surface area contributed by atoms with Crippen molar-refractivity contribution in [2.75, 3.05) is 0 Å². The minimum atomic E-state index is -0.0314. The zero-order valence-corrected chi connectivity index (χ0v) is 11.7. The van der Waals surface area contributed by atoms with Crippen molar-refractivity contribution in [1.82, 2.24) is 10.3 Å². The molecule has 0 fully saturated rings. The van der Waals surface area contributed by atoms with Gasteiger partial charge in [0.05, 0.1) is 11.6 Å². The van der Waals surface area contributed by atoms with Crippen LogP contribution >= 0.6 is 0 Å². The molecule has 1 atom stereocenters. The summed E-state index contributed by atoms with van der Waals surface area (Å²) in [5.41, 5.74) is 4.00. The molecule has 0 saturated carbocycles. The topological polar surface area (TPSA) is 68.7 Å². The number of benzene rings is 1. The highest BCUT2D eigenvalue weighted by Gasteiger charge is 2.20. The zero-order valence-electron chi connectivity index (χ0n) is 11.7. The van der Waals surface area contributed by atoms with E-state index in [2.05, 4.69) is 16.4 Å². The highest BCUT2D eigenvalue weighted by Crippen LogP contribution is 2.27. The molecule has 0 amide bonds. The highest BCUT2D eigenvalue weighted by molar-refractivity contribution is 5.33. The molecule has 0 spiro atoms. The van der Waals surface area contributed by atoms with Gasteiger partial charge in [0.1, 0.15) is 0 Å². The third-order valence-corrected chi connectivity index (χ3v) is 3.94. The zero-order chi connectivity index (χ0) is 14.7. The fourth-order valence-corrected chi connectivity index (χ4v) is 2.90. The Labute approximate surface area is 123 Å². The summed E-state index contributed by atoms with van der Waals surface area (Å²) in [4.78, 5) is 14.3. The molecule has 1 aromatic heterocycles. The predicted molar refractivity (Wildman–Crippen MR) is 80.7 cm³/mol. The van der Waals surface area contributed by atoms with Gasteiger partial charge in [0.25, 0.3) is 0 Å². The number of aromatic nitrogens is 1. The van der Waals surface area contributed by atoms with E-state index in [0.29, 0.717) is 5.56 Å². The lowest BCUT2D eigenvalue weighted by molar-refractivity contribution is 0.453. The molecule has 1 aliphatic rings. The Hall–Kier alpha value is -2.38. The predicted octanol–water partition coefficient (Wildman–Crippen LogP) is 2.41. The maximum absolute atomic E-state index is 11.4. The molecule has 1 heterocycles. The van der Waals surface area contributed by atoms with Crippen molar-refractivity contribution in [3.05, 3.63) is 69.1 Å². The molecule has 1 unspecified atom stereocenters. The first kappa shape index (κ1) is 13.6. The summed E-state index contributed by atoms with van der Waals surface area (Å²) < 4.78 is 0. The standard InChI is InChI=1S/C17H17N3O/c18-10-12-3-1-4-13(9-12)11-19-15-5-2-6-16-14(15)7-8-17(21)20-16/h1,3-4,7-9,15,19H,2,5-6,11H2,(H,20,21). The molecule has 0 bridgehead atoms. The Morgan fingerprint density at radius 2 is 2.24 bits per heavy atom. The van der Waals surface area contributed by atoms with Gasteiger partial charge in [0, 0.05) is 24.3 Å². The second-order valence-electron chi connectivity index (χ2n) is 5.39. The Morgan fingerprint density at radius 1 is 1.33 bits per heavy atom. The first-order chi connectivity index (χ1) is 10.3. The van der Waals surface area contributed by atoms with E-state index in [-0.39, 0.29) is 11.6 Å². The Morgan fingerprint density at radius 3 is 3.10 bits per heavy atom. The summed E-state index contributed by atoms with van der Waals surface area (Å²) in [6, 6.07) is 13.6. The van der Waals surface area contributed by atoms with E-state index in [4.69, 9.17) is 5.26 Å². The van der Waals surface area contributed by atoms with Crippen LogP contribution in [0.25, 0.3) is 0 Å². The summed E-state index contributed by atoms with van der Waals surface area (Å²) in [7, 11) is 0. The number of rotatable bonds is 3. The van der Waals surface area contributed by atoms with Crippen LogP contribution in [0.4, 0.5) is 0 Å². The Balaban J connectivity index is 1.75. The summed E-state index contributed by atoms with van der Waals surface area (Å²) in [6.45, 7) is 0.721. The molecule has 0 aliphatic heterocycles. The van der Waals surface area contributed by atoms with Gasteiger partial charge in [-0.05, 0) is 42.5 Å². The number of H-pyrrole nitrogens is 1. The number of hydrogen-bond donors (Lipinski definition) is 2. The molecule has 1 aromatic carbocycles. The van der Waals surface area contributed by atoms with Crippen LogP contribution in [0.5, 0.6) is 0 Å². The smallest absolute Gasteiger partial charge is 0.248 e. The highest BCUT2D eigenvalue weighted by atomic mass is 16.1. The maximum atomic E-state index is 11.4. The second kappa shape index (κ2) is 5.94. The van der Waals surface area contributed by atoms with Crippen molar-refractivity contribution in [1.29, 1.82) is 5.26 Å². The largest absolute Gasteiger partial charge is 0.326 e. The molecular formula is C17H17N3O. The number of aryl methyl sites for hydroxylation is 1. The summed E-state index contributed by atoms with van der Waals surface area (Å²) in [6.07, 6.45) is 3.08. The molecule has 2 N–H and O–H groups in total. The normalized spacial score (nSPS) is 17.0. The fourth-order valence-electron chi connectivity index (χ4n) is 2.90. The second-order valence-corrected chi connectivity index (χ2v) is 5.39. The van der Waals surface area contributed by atoms with Crippen molar-refractivity contribution in [2.45, 2.75) is 31.8 Å². The minimum absolute atomic E-state index is 0.0314. The lowest BCUT2D eigenvalue weighted by Gasteiger charge is -2.26. The van der Waals surface area contributed by atoms with E-state index in [0.717, 1.165) is 37.1 Å². The summed E-state index contributed by atoms with van der Waals surface area (Å²) in [5, 5.41) is 12.5. The molecule has 4 heteroatoms. The van der Waals surface area contributed by atoms with Crippen molar-refractivity contribution < 1.29 is 0 Å². The number of pyridine rings is 1. The summed E-state index contributed by atoms with van der Waals surface area (Å²) in [5.74, 6) is 0. The molecule has 2 aromatic rings. The van der Waals surface area contributed by atoms with Gasteiger partial charge in [0.15, 0.2) is 0 Å². The first-order valence-corrected chi connectivity index (χ1v) is 7.21. The van der Waals surface area contributed by atoms with Crippen molar-refractivity contribution in [3.8, 4) is 6.07 Å². The number of aromatic amines is 1. The van der Waals surface area contributed by atoms with Crippen molar-refractivity contribution >= 4 is 0 Å². The molecule has 0 radical (unpaired) electrons. The van der Waals surface area contributed by atoms with Crippen LogP contribution in [0.2, 0.25) is 0 Å². The lowest BCUT2D eigenvalue weighted by atomic mass is 9.91. The van der Waals surface area contributed by atoms with E-state index >= 15 is 0 Å². The quantitative estimate of drug-likeness (QED) is 0.906. The van der Waals surface area contributed by atoms with Crippen molar-refractivity contribution in [2.24, 2.45) is 0 Å². The molecular weight excluding hydrogens is 262 g/mol. The monoisotopic (exact) mass is 279 g/mol. The number of nitriles is 1. The lowest BCUT2D eigenvalue weighted by Crippen LogP contribution is -2.27. The third-order valence-electron chi connectivity index (χ3n) is 3.94. The van der Waals surface area contributed by atoms with E-state index in [1.165, 1.54) is 5.56 Å². The van der Waals surface area contributed by atoms with E-state index in [9.17, 15) is 4.79 Å². The van der Waals surface area contributed by atoms with Crippen molar-refractivity contribution in [3.63, 3.8) is 0 Å². The molecule has 4 nitrogen and oxygen atoms in total. The summed E-state index contributed by atoms with van der Waals surface area (Å²) >= 11 is 0. The van der Waals surface area contributed by atoms with Gasteiger partial charge in [-0.15, -0.1) is 0 Å². The molecule has 106 valence electrons. The number of nitrogens with one attached hydrogen (secondary N) is 2. The van der Waals surface area contributed by atoms with Gasteiger partial charge in [-0.25, -0.2) is 0 Å². The maximum Gasteiger partial charge on any atom is 0.248 e. The van der Waals surface area contributed by atoms with Gasteiger partial charge < -0.3 is 10.3 Å². The van der Waals surface area contributed by atoms with E-state index in [1.54, 1.807) is 6.07 Å². The SMILES string of the molecule is N#Cc1cccc(CNC2CCCc3[nH]c(=O)ccc32)c1. The average Bonchev–Trinajstić information content (AvgIpc) is 2.52. The van der Waals surface area contributed by atoms with Crippen LogP contribution in [0.3, 0.4) is 0 Å². The number of hydrogen-bond acceptors (Lipinski definition) is 3. The number of nitrogens with zero attached hydrogens (tertiary/aromatic N) is 1. The average molecular weight is 279 g/mol. The molecule has 0 saturated heterocycles. The van der Waals surface area contributed by atoms with Crippen LogP contribution in [-0.2, 0) is 13.0 Å². The van der Waals surface area contributed by atoms with Crippen LogP contribution in [0, 0.1) is 11.3 Å². The number of fused-ring (bicyclic) bond motifs is 1. The van der Waals surface area contributed by atoms with Crippen LogP contribution in [0.1, 0.15) is 41.3 Å². The van der Waals surface area contributed by atoms with E-state index in [1.807, 2.05) is 30.3 Å². The van der Waals surface area contributed by atoms with Gasteiger partial charge in [0.2, 0.25) is 5.56 Å².